The SMILES string of the molecule is CCCOc1cccc(CNC(=NC)NC(C)CCS(C)(=O)=O)c1. The van der Waals surface area contributed by atoms with E-state index in [-0.39, 0.29) is 11.8 Å². The number of hydrogen-bond acceptors (Lipinski definition) is 4. The number of nitrogens with one attached hydrogen (secondary N) is 2. The van der Waals surface area contributed by atoms with Crippen LogP contribution in [0, 0.1) is 0 Å². The summed E-state index contributed by atoms with van der Waals surface area (Å²) >= 11 is 0. The minimum absolute atomic E-state index is 0.0187. The summed E-state index contributed by atoms with van der Waals surface area (Å²) in [5, 5.41) is 6.43. The van der Waals surface area contributed by atoms with Gasteiger partial charge in [-0.15, -0.1) is 0 Å². The fraction of sp³-hybridized carbons (Fsp3) is 0.588. The van der Waals surface area contributed by atoms with Crippen LogP contribution < -0.4 is 15.4 Å². The molecule has 0 aliphatic heterocycles. The molecule has 0 amide bonds. The van der Waals surface area contributed by atoms with Gasteiger partial charge in [-0.05, 0) is 37.5 Å². The molecular weight excluding hydrogens is 326 g/mol. The molecule has 0 aromatic heterocycles. The van der Waals surface area contributed by atoms with Crippen molar-refractivity contribution < 1.29 is 13.2 Å². The molecule has 1 aromatic carbocycles. The van der Waals surface area contributed by atoms with E-state index < -0.39 is 9.84 Å². The van der Waals surface area contributed by atoms with Crippen molar-refractivity contribution in [3.63, 3.8) is 0 Å². The molecule has 1 unspecified atom stereocenters. The van der Waals surface area contributed by atoms with E-state index in [9.17, 15) is 8.42 Å². The second-order valence-electron chi connectivity index (χ2n) is 5.89. The summed E-state index contributed by atoms with van der Waals surface area (Å²) in [6.07, 6.45) is 2.77. The lowest BCUT2D eigenvalue weighted by Crippen LogP contribution is -2.42. The van der Waals surface area contributed by atoms with Gasteiger partial charge in [0.05, 0.1) is 12.4 Å². The fourth-order valence-corrected chi connectivity index (χ4v) is 2.82. The van der Waals surface area contributed by atoms with Crippen LogP contribution in [0.1, 0.15) is 32.3 Å². The normalized spacial score (nSPS) is 13.4. The third-order valence-corrected chi connectivity index (χ3v) is 4.34. The van der Waals surface area contributed by atoms with Crippen molar-refractivity contribution in [3.05, 3.63) is 29.8 Å². The van der Waals surface area contributed by atoms with Crippen molar-refractivity contribution in [1.29, 1.82) is 0 Å². The Morgan fingerprint density at radius 3 is 2.75 bits per heavy atom. The van der Waals surface area contributed by atoms with Gasteiger partial charge < -0.3 is 15.4 Å². The molecule has 0 aliphatic carbocycles. The maximum Gasteiger partial charge on any atom is 0.191 e. The maximum atomic E-state index is 11.2. The third kappa shape index (κ3) is 8.76. The first-order valence-corrected chi connectivity index (χ1v) is 10.3. The van der Waals surface area contributed by atoms with E-state index >= 15 is 0 Å². The van der Waals surface area contributed by atoms with E-state index in [0.717, 1.165) is 17.7 Å². The van der Waals surface area contributed by atoms with Crippen molar-refractivity contribution in [1.82, 2.24) is 10.6 Å². The zero-order chi connectivity index (χ0) is 18.0. The van der Waals surface area contributed by atoms with Gasteiger partial charge >= 0.3 is 0 Å². The maximum absolute atomic E-state index is 11.2. The molecule has 0 spiro atoms. The largest absolute Gasteiger partial charge is 0.494 e. The van der Waals surface area contributed by atoms with Gasteiger partial charge in [0.25, 0.3) is 0 Å². The molecule has 1 aromatic rings. The first kappa shape index (κ1) is 20.3. The molecule has 2 N–H and O–H groups in total. The quantitative estimate of drug-likeness (QED) is 0.523. The summed E-state index contributed by atoms with van der Waals surface area (Å²) in [5.74, 6) is 1.67. The molecular formula is C17H29N3O3S. The molecule has 0 bridgehead atoms. The van der Waals surface area contributed by atoms with Crippen LogP contribution in [-0.2, 0) is 16.4 Å². The van der Waals surface area contributed by atoms with E-state index in [1.807, 2.05) is 31.2 Å². The molecule has 136 valence electrons. The number of sulfone groups is 1. The first-order chi connectivity index (χ1) is 11.3. The molecule has 0 fully saturated rings. The van der Waals surface area contributed by atoms with Crippen molar-refractivity contribution in [2.45, 2.75) is 39.3 Å². The lowest BCUT2D eigenvalue weighted by Gasteiger charge is -2.18. The van der Waals surface area contributed by atoms with Gasteiger partial charge in [-0.3, -0.25) is 4.99 Å². The average molecular weight is 356 g/mol. The van der Waals surface area contributed by atoms with Crippen molar-refractivity contribution in [2.75, 3.05) is 25.7 Å². The molecule has 7 heteroatoms. The van der Waals surface area contributed by atoms with Gasteiger partial charge in [0, 0.05) is 25.9 Å². The Kier molecular flexibility index (Phi) is 8.60. The smallest absolute Gasteiger partial charge is 0.191 e. The Morgan fingerprint density at radius 2 is 2.12 bits per heavy atom. The Morgan fingerprint density at radius 1 is 1.38 bits per heavy atom. The van der Waals surface area contributed by atoms with Crippen LogP contribution in [0.2, 0.25) is 0 Å². The summed E-state index contributed by atoms with van der Waals surface area (Å²) < 4.78 is 28.1. The van der Waals surface area contributed by atoms with E-state index in [1.54, 1.807) is 7.05 Å². The zero-order valence-corrected chi connectivity index (χ0v) is 15.8. The van der Waals surface area contributed by atoms with E-state index in [0.29, 0.717) is 25.5 Å². The highest BCUT2D eigenvalue weighted by molar-refractivity contribution is 7.90. The number of ether oxygens (including phenoxy) is 1. The molecule has 0 radical (unpaired) electrons. The van der Waals surface area contributed by atoms with Crippen LogP contribution in [0.5, 0.6) is 5.75 Å². The van der Waals surface area contributed by atoms with Gasteiger partial charge in [0.2, 0.25) is 0 Å². The van der Waals surface area contributed by atoms with Crippen molar-refractivity contribution in [2.24, 2.45) is 4.99 Å². The Labute approximate surface area is 145 Å². The van der Waals surface area contributed by atoms with Gasteiger partial charge in [-0.2, -0.15) is 0 Å². The summed E-state index contributed by atoms with van der Waals surface area (Å²) in [4.78, 5) is 4.17. The molecule has 6 nitrogen and oxygen atoms in total. The number of hydrogen-bond donors (Lipinski definition) is 2. The second kappa shape index (κ2) is 10.2. The van der Waals surface area contributed by atoms with Crippen LogP contribution in [0.15, 0.2) is 29.3 Å². The predicted octanol–water partition coefficient (Wildman–Crippen LogP) is 1.96. The van der Waals surface area contributed by atoms with Crippen LogP contribution in [0.25, 0.3) is 0 Å². The molecule has 1 rings (SSSR count). The summed E-state index contributed by atoms with van der Waals surface area (Å²) in [6.45, 7) is 5.34. The standard InChI is InChI=1S/C17H29N3O3S/c1-5-10-23-16-8-6-7-15(12-16)13-19-17(18-3)20-14(2)9-11-24(4,21)22/h6-8,12,14H,5,9-11,13H2,1-4H3,(H2,18,19,20). The highest BCUT2D eigenvalue weighted by Gasteiger charge is 2.09. The lowest BCUT2D eigenvalue weighted by atomic mass is 10.2. The monoisotopic (exact) mass is 355 g/mol. The Hall–Kier alpha value is -1.76. The van der Waals surface area contributed by atoms with E-state index in [1.165, 1.54) is 6.26 Å². The highest BCUT2D eigenvalue weighted by atomic mass is 32.2. The van der Waals surface area contributed by atoms with Crippen LogP contribution in [0.4, 0.5) is 0 Å². The minimum atomic E-state index is -2.94. The molecule has 0 saturated heterocycles. The van der Waals surface area contributed by atoms with Crippen molar-refractivity contribution in [3.8, 4) is 5.75 Å². The molecule has 24 heavy (non-hydrogen) atoms. The highest BCUT2D eigenvalue weighted by Crippen LogP contribution is 2.13. The van der Waals surface area contributed by atoms with Gasteiger partial charge in [0.1, 0.15) is 15.6 Å². The number of benzene rings is 1. The second-order valence-corrected chi connectivity index (χ2v) is 8.15. The van der Waals surface area contributed by atoms with Crippen LogP contribution >= 0.6 is 0 Å². The van der Waals surface area contributed by atoms with Gasteiger partial charge in [0.15, 0.2) is 5.96 Å². The number of nitrogens with zero attached hydrogens (tertiary/aromatic N) is 1. The number of rotatable bonds is 9. The molecule has 0 heterocycles. The molecule has 1 atom stereocenters. The zero-order valence-electron chi connectivity index (χ0n) is 15.0. The summed E-state index contributed by atoms with van der Waals surface area (Å²) in [6, 6.07) is 7.95. The number of guanidine groups is 1. The third-order valence-electron chi connectivity index (χ3n) is 3.36. The van der Waals surface area contributed by atoms with Crippen LogP contribution in [-0.4, -0.2) is 46.1 Å². The van der Waals surface area contributed by atoms with Gasteiger partial charge in [-0.25, -0.2) is 8.42 Å². The topological polar surface area (TPSA) is 79.8 Å². The van der Waals surface area contributed by atoms with E-state index in [2.05, 4.69) is 22.5 Å². The molecule has 0 aliphatic rings. The average Bonchev–Trinajstić information content (AvgIpc) is 2.54. The lowest BCUT2D eigenvalue weighted by molar-refractivity contribution is 0.317. The van der Waals surface area contributed by atoms with Crippen molar-refractivity contribution >= 4 is 15.8 Å². The van der Waals surface area contributed by atoms with Gasteiger partial charge in [-0.1, -0.05) is 19.1 Å². The minimum Gasteiger partial charge on any atom is -0.494 e. The predicted molar refractivity (Wildman–Crippen MR) is 99.4 cm³/mol. The first-order valence-electron chi connectivity index (χ1n) is 8.20. The number of aliphatic imine (C=N–C) groups is 1. The molecule has 0 saturated carbocycles. The van der Waals surface area contributed by atoms with Crippen LogP contribution in [0.3, 0.4) is 0 Å². The Bertz CT molecular complexity index is 630. The summed E-state index contributed by atoms with van der Waals surface area (Å²) in [7, 11) is -1.25. The Balaban J connectivity index is 2.49. The summed E-state index contributed by atoms with van der Waals surface area (Å²) in [5.41, 5.74) is 1.09. The fourth-order valence-electron chi connectivity index (χ4n) is 2.04. The van der Waals surface area contributed by atoms with E-state index in [4.69, 9.17) is 4.74 Å².